The van der Waals surface area contributed by atoms with E-state index in [2.05, 4.69) is 21.8 Å². The minimum absolute atomic E-state index is 0.0774. The molecule has 3 heterocycles. The Bertz CT molecular complexity index is 1530. The van der Waals surface area contributed by atoms with Gasteiger partial charge < -0.3 is 14.7 Å². The molecule has 1 saturated heterocycles. The van der Waals surface area contributed by atoms with Crippen molar-refractivity contribution in [3.63, 3.8) is 0 Å². The number of ether oxygens (including phenoxy) is 1. The van der Waals surface area contributed by atoms with E-state index in [-0.39, 0.29) is 23.9 Å². The van der Waals surface area contributed by atoms with Crippen LogP contribution in [0.15, 0.2) is 53.6 Å². The minimum atomic E-state index is -2.95. The number of rotatable bonds is 7. The van der Waals surface area contributed by atoms with Crippen LogP contribution in [0.1, 0.15) is 25.0 Å². The monoisotopic (exact) mass is 538 g/mol. The van der Waals surface area contributed by atoms with E-state index in [1.54, 1.807) is 49.2 Å². The van der Waals surface area contributed by atoms with Crippen molar-refractivity contribution in [2.75, 3.05) is 24.5 Å². The zero-order valence-electron chi connectivity index (χ0n) is 22.4. The van der Waals surface area contributed by atoms with Gasteiger partial charge in [-0.25, -0.2) is 9.97 Å². The second-order valence-electron chi connectivity index (χ2n) is 10.0. The molecule has 9 nitrogen and oxygen atoms in total. The first-order chi connectivity index (χ1) is 18.6. The van der Waals surface area contributed by atoms with Gasteiger partial charge in [0.05, 0.1) is 17.4 Å². The van der Waals surface area contributed by atoms with Gasteiger partial charge in [0.15, 0.2) is 0 Å². The van der Waals surface area contributed by atoms with Crippen molar-refractivity contribution in [1.82, 2.24) is 24.2 Å². The Hall–Kier alpha value is -3.83. The molecular formula is C28H32F2N6O3. The number of aliphatic hydroxyl groups is 1. The maximum absolute atomic E-state index is 13.0. The Morgan fingerprint density at radius 2 is 1.85 bits per heavy atom. The van der Waals surface area contributed by atoms with Crippen LogP contribution in [0.25, 0.3) is 22.0 Å². The van der Waals surface area contributed by atoms with Gasteiger partial charge in [0.1, 0.15) is 12.0 Å². The third-order valence-electron chi connectivity index (χ3n) is 7.33. The molecule has 206 valence electrons. The van der Waals surface area contributed by atoms with Crippen molar-refractivity contribution in [1.29, 1.82) is 0 Å². The Kier molecular flexibility index (Phi) is 7.37. The average molecular weight is 539 g/mol. The van der Waals surface area contributed by atoms with Gasteiger partial charge >= 0.3 is 6.61 Å². The molecule has 1 fully saturated rings. The van der Waals surface area contributed by atoms with Crippen LogP contribution in [-0.4, -0.2) is 67.9 Å². The van der Waals surface area contributed by atoms with Gasteiger partial charge in [-0.05, 0) is 44.5 Å². The van der Waals surface area contributed by atoms with E-state index >= 15 is 0 Å². The van der Waals surface area contributed by atoms with E-state index in [1.165, 1.54) is 10.7 Å². The van der Waals surface area contributed by atoms with Gasteiger partial charge in [-0.3, -0.25) is 19.1 Å². The topological polar surface area (TPSA) is 88.7 Å². The maximum atomic E-state index is 13.0. The number of halogens is 2. The highest BCUT2D eigenvalue weighted by Crippen LogP contribution is 2.27. The largest absolute Gasteiger partial charge is 0.434 e. The van der Waals surface area contributed by atoms with Crippen molar-refractivity contribution in [3.8, 4) is 16.9 Å². The lowest BCUT2D eigenvalue weighted by atomic mass is 10.1. The van der Waals surface area contributed by atoms with Gasteiger partial charge in [0, 0.05) is 56.2 Å². The molecule has 0 bridgehead atoms. The van der Waals surface area contributed by atoms with E-state index in [9.17, 15) is 18.7 Å². The lowest BCUT2D eigenvalue weighted by Crippen LogP contribution is -2.55. The van der Waals surface area contributed by atoms with Gasteiger partial charge in [-0.2, -0.15) is 8.78 Å². The zero-order chi connectivity index (χ0) is 27.8. The number of fused-ring (bicyclic) bond motifs is 1. The Morgan fingerprint density at radius 1 is 1.10 bits per heavy atom. The van der Waals surface area contributed by atoms with Gasteiger partial charge in [0.25, 0.3) is 5.56 Å². The molecule has 1 aliphatic rings. The lowest BCUT2D eigenvalue weighted by molar-refractivity contribution is -0.0505. The average Bonchev–Trinajstić information content (AvgIpc) is 3.14. The summed E-state index contributed by atoms with van der Waals surface area (Å²) in [6, 6.07) is 10.7. The fourth-order valence-corrected chi connectivity index (χ4v) is 5.29. The number of aliphatic hydroxyl groups excluding tert-OH is 1. The molecule has 0 radical (unpaired) electrons. The molecule has 0 amide bonds. The summed E-state index contributed by atoms with van der Waals surface area (Å²) >= 11 is 0. The maximum Gasteiger partial charge on any atom is 0.387 e. The van der Waals surface area contributed by atoms with Gasteiger partial charge in [0.2, 0.25) is 5.95 Å². The quantitative estimate of drug-likeness (QED) is 0.385. The minimum Gasteiger partial charge on any atom is -0.434 e. The Morgan fingerprint density at radius 3 is 2.51 bits per heavy atom. The summed E-state index contributed by atoms with van der Waals surface area (Å²) in [6.07, 6.45) is 3.02. The second-order valence-corrected chi connectivity index (χ2v) is 10.0. The van der Waals surface area contributed by atoms with Crippen molar-refractivity contribution in [3.05, 3.63) is 70.3 Å². The van der Waals surface area contributed by atoms with Crippen LogP contribution in [-0.2, 0) is 13.6 Å². The molecule has 39 heavy (non-hydrogen) atoms. The van der Waals surface area contributed by atoms with Crippen molar-refractivity contribution in [2.45, 2.75) is 46.2 Å². The number of nitrogens with zero attached hydrogens (tertiary/aromatic N) is 6. The standard InChI is InChI=1S/C28H32F2N6O3/c1-17-5-8-25(39-27(29)30)21(11-17)16-36-24-12-20(6-7-23(24)26(38)33(36)4)22-13-31-28(32-14-22)34-9-10-35(19(3)37)18(2)15-34/h5-8,11-14,18-19,27,37H,9-10,15-16H2,1-4H3/t18-,19?/m1/s1. The summed E-state index contributed by atoms with van der Waals surface area (Å²) in [5.41, 5.74) is 3.54. The summed E-state index contributed by atoms with van der Waals surface area (Å²) in [7, 11) is 1.65. The number of alkyl halides is 2. The fraction of sp³-hybridized carbons (Fsp3) is 0.393. The van der Waals surface area contributed by atoms with E-state index in [1.807, 2.05) is 24.0 Å². The van der Waals surface area contributed by atoms with Crippen LogP contribution >= 0.6 is 0 Å². The predicted molar refractivity (Wildman–Crippen MR) is 145 cm³/mol. The smallest absolute Gasteiger partial charge is 0.387 e. The fourth-order valence-electron chi connectivity index (χ4n) is 5.29. The summed E-state index contributed by atoms with van der Waals surface area (Å²) < 4.78 is 34.0. The van der Waals surface area contributed by atoms with E-state index in [0.717, 1.165) is 23.2 Å². The molecule has 1 unspecified atom stereocenters. The summed E-state index contributed by atoms with van der Waals surface area (Å²) in [5, 5.41) is 10.5. The highest BCUT2D eigenvalue weighted by molar-refractivity contribution is 5.84. The van der Waals surface area contributed by atoms with Crippen LogP contribution < -0.4 is 15.2 Å². The number of aryl methyl sites for hydroxylation is 1. The summed E-state index contributed by atoms with van der Waals surface area (Å²) in [4.78, 5) is 26.3. The number of piperazine rings is 1. The molecule has 0 saturated carbocycles. The molecule has 1 N–H and O–H groups in total. The van der Waals surface area contributed by atoms with Crippen LogP contribution in [0, 0.1) is 6.92 Å². The first kappa shape index (κ1) is 26.8. The van der Waals surface area contributed by atoms with Crippen LogP contribution in [0.4, 0.5) is 14.7 Å². The number of hydrogen-bond donors (Lipinski definition) is 1. The van der Waals surface area contributed by atoms with Crippen molar-refractivity contribution in [2.24, 2.45) is 7.05 Å². The highest BCUT2D eigenvalue weighted by atomic mass is 19.3. The Balaban J connectivity index is 1.45. The molecule has 0 aliphatic carbocycles. The second kappa shape index (κ2) is 10.7. The van der Waals surface area contributed by atoms with Crippen LogP contribution in [0.3, 0.4) is 0 Å². The normalized spacial score (nSPS) is 17.2. The van der Waals surface area contributed by atoms with E-state index < -0.39 is 12.8 Å². The van der Waals surface area contributed by atoms with Gasteiger partial charge in [-0.15, -0.1) is 0 Å². The Labute approximate surface area is 224 Å². The van der Waals surface area contributed by atoms with E-state index in [0.29, 0.717) is 35.5 Å². The predicted octanol–water partition coefficient (Wildman–Crippen LogP) is 3.60. The molecule has 2 atom stereocenters. The highest BCUT2D eigenvalue weighted by Gasteiger charge is 2.27. The lowest BCUT2D eigenvalue weighted by Gasteiger charge is -2.41. The third-order valence-corrected chi connectivity index (χ3v) is 7.33. The zero-order valence-corrected chi connectivity index (χ0v) is 22.4. The molecule has 11 heteroatoms. The summed E-state index contributed by atoms with van der Waals surface area (Å²) in [5.74, 6) is 0.702. The number of hydrogen-bond acceptors (Lipinski definition) is 7. The van der Waals surface area contributed by atoms with E-state index in [4.69, 9.17) is 4.74 Å². The number of aromatic nitrogens is 4. The molecule has 1 aliphatic heterocycles. The first-order valence-corrected chi connectivity index (χ1v) is 12.9. The molecule has 0 spiro atoms. The molecule has 5 rings (SSSR count). The first-order valence-electron chi connectivity index (χ1n) is 12.9. The molecule has 4 aromatic rings. The van der Waals surface area contributed by atoms with Crippen molar-refractivity contribution >= 4 is 16.9 Å². The van der Waals surface area contributed by atoms with Crippen LogP contribution in [0.5, 0.6) is 5.75 Å². The third kappa shape index (κ3) is 5.37. The SMILES string of the molecule is Cc1ccc(OC(F)F)c(Cn2c3cc(-c4cnc(N5CCN(C(C)O)[C@H](C)C5)nc4)ccc3c(=O)n2C)c1. The molecule has 2 aromatic carbocycles. The molecular weight excluding hydrogens is 506 g/mol. The number of benzene rings is 2. The number of anilines is 1. The van der Waals surface area contributed by atoms with Crippen molar-refractivity contribution < 1.29 is 18.6 Å². The molecule has 2 aromatic heterocycles. The van der Waals surface area contributed by atoms with Gasteiger partial charge in [-0.1, -0.05) is 23.8 Å². The summed E-state index contributed by atoms with van der Waals surface area (Å²) in [6.45, 7) is 5.09. The van der Waals surface area contributed by atoms with Crippen LogP contribution in [0.2, 0.25) is 0 Å².